The van der Waals surface area contributed by atoms with Crippen LogP contribution in [0.2, 0.25) is 0 Å². The molecule has 3 rings (SSSR count). The van der Waals surface area contributed by atoms with Gasteiger partial charge in [-0.3, -0.25) is 0 Å². The van der Waals surface area contributed by atoms with Gasteiger partial charge in [0.05, 0.1) is 12.7 Å². The van der Waals surface area contributed by atoms with Crippen LogP contribution >= 0.6 is 0 Å². The lowest BCUT2D eigenvalue weighted by Crippen LogP contribution is -2.48. The van der Waals surface area contributed by atoms with E-state index in [-0.39, 0.29) is 0 Å². The van der Waals surface area contributed by atoms with E-state index in [1.807, 2.05) is 13.8 Å². The first-order chi connectivity index (χ1) is 11.2. The van der Waals surface area contributed by atoms with E-state index in [0.717, 1.165) is 25.9 Å². The minimum absolute atomic E-state index is 0.309. The molecule has 4 unspecified atom stereocenters. The summed E-state index contributed by atoms with van der Waals surface area (Å²) in [5.74, 6) is 1.17. The van der Waals surface area contributed by atoms with Gasteiger partial charge in [-0.1, -0.05) is 59.8 Å². The number of fused-ring (bicyclic) bond motifs is 1. The van der Waals surface area contributed by atoms with Crippen LogP contribution in [0.1, 0.15) is 85.5 Å². The Hall–Kier alpha value is -0.120. The topological polar surface area (TPSA) is 38.7 Å². The van der Waals surface area contributed by atoms with E-state index in [4.69, 9.17) is 14.6 Å². The van der Waals surface area contributed by atoms with Gasteiger partial charge >= 0.3 is 0 Å². The van der Waals surface area contributed by atoms with E-state index >= 15 is 0 Å². The number of ether oxygens (including phenoxy) is 2. The van der Waals surface area contributed by atoms with Crippen molar-refractivity contribution in [2.24, 2.45) is 17.3 Å². The lowest BCUT2D eigenvalue weighted by molar-refractivity contribution is -0.208. The molecule has 0 spiro atoms. The van der Waals surface area contributed by atoms with Crippen LogP contribution in [0.5, 0.6) is 0 Å². The summed E-state index contributed by atoms with van der Waals surface area (Å²) in [6.07, 6.45) is 12.3. The van der Waals surface area contributed by atoms with Gasteiger partial charge in [-0.25, -0.2) is 0 Å². The van der Waals surface area contributed by atoms with Crippen molar-refractivity contribution >= 4 is 0 Å². The zero-order chi connectivity index (χ0) is 17.1. The van der Waals surface area contributed by atoms with Gasteiger partial charge < -0.3 is 14.6 Å². The number of aliphatic hydroxyl groups is 1. The SMILES string of the molecule is C1CCCC1.CC.CC1C2COCOC2CCC1(C)CCCO. The Bertz CT molecular complexity index is 283. The fraction of sp³-hybridized carbons (Fsp3) is 1.00. The molecule has 0 aromatic carbocycles. The van der Waals surface area contributed by atoms with E-state index in [9.17, 15) is 0 Å². The van der Waals surface area contributed by atoms with Gasteiger partial charge in [0.15, 0.2) is 0 Å². The molecule has 2 saturated carbocycles. The molecule has 1 heterocycles. The fourth-order valence-corrected chi connectivity index (χ4v) is 4.25. The molecule has 3 aliphatic rings. The summed E-state index contributed by atoms with van der Waals surface area (Å²) in [5.41, 5.74) is 0.355. The molecule has 0 aromatic rings. The van der Waals surface area contributed by atoms with Crippen LogP contribution in [-0.4, -0.2) is 31.2 Å². The molecule has 138 valence electrons. The summed E-state index contributed by atoms with van der Waals surface area (Å²) in [6.45, 7) is 10.3. The minimum atomic E-state index is 0.309. The first kappa shape index (κ1) is 20.9. The summed E-state index contributed by atoms with van der Waals surface area (Å²) in [5, 5.41) is 8.98. The highest BCUT2D eigenvalue weighted by atomic mass is 16.7. The second kappa shape index (κ2) is 11.4. The Labute approximate surface area is 144 Å². The maximum absolute atomic E-state index is 8.98. The molecule has 1 N–H and O–H groups in total. The Morgan fingerprint density at radius 1 is 1.09 bits per heavy atom. The first-order valence-corrected chi connectivity index (χ1v) is 9.97. The van der Waals surface area contributed by atoms with Gasteiger partial charge in [0, 0.05) is 12.5 Å². The van der Waals surface area contributed by atoms with Crippen LogP contribution in [0, 0.1) is 17.3 Å². The predicted molar refractivity (Wildman–Crippen MR) is 96.4 cm³/mol. The van der Waals surface area contributed by atoms with Gasteiger partial charge in [-0.2, -0.15) is 0 Å². The van der Waals surface area contributed by atoms with Gasteiger partial charge in [0.1, 0.15) is 6.79 Å². The van der Waals surface area contributed by atoms with Gasteiger partial charge in [0.25, 0.3) is 0 Å². The van der Waals surface area contributed by atoms with Crippen LogP contribution in [0.25, 0.3) is 0 Å². The molecule has 4 atom stereocenters. The largest absolute Gasteiger partial charge is 0.396 e. The van der Waals surface area contributed by atoms with Crippen molar-refractivity contribution in [2.45, 2.75) is 91.6 Å². The maximum Gasteiger partial charge on any atom is 0.147 e. The minimum Gasteiger partial charge on any atom is -0.396 e. The smallest absolute Gasteiger partial charge is 0.147 e. The third kappa shape index (κ3) is 6.36. The van der Waals surface area contributed by atoms with Crippen molar-refractivity contribution in [1.29, 1.82) is 0 Å². The normalized spacial score (nSPS) is 36.1. The second-order valence-electron chi connectivity index (χ2n) is 7.43. The maximum atomic E-state index is 8.98. The lowest BCUT2D eigenvalue weighted by Gasteiger charge is -2.49. The van der Waals surface area contributed by atoms with E-state index in [2.05, 4.69) is 13.8 Å². The van der Waals surface area contributed by atoms with Crippen molar-refractivity contribution in [3.05, 3.63) is 0 Å². The van der Waals surface area contributed by atoms with E-state index in [0.29, 0.717) is 36.8 Å². The molecular weight excluding hydrogens is 288 g/mol. The standard InChI is InChI=1S/C13H24O3.C5H10.C2H6/c1-10-11-8-15-9-16-12(11)4-6-13(10,2)5-3-7-14;1-2-4-5-3-1;1-2/h10-12,14H,3-9H2,1-2H3;1-5H2;1-2H3. The van der Waals surface area contributed by atoms with Crippen molar-refractivity contribution in [3.63, 3.8) is 0 Å². The monoisotopic (exact) mass is 328 g/mol. The zero-order valence-electron chi connectivity index (χ0n) is 16.0. The van der Waals surface area contributed by atoms with Crippen LogP contribution < -0.4 is 0 Å². The van der Waals surface area contributed by atoms with E-state index in [1.54, 1.807) is 0 Å². The van der Waals surface area contributed by atoms with Crippen molar-refractivity contribution < 1.29 is 14.6 Å². The second-order valence-corrected chi connectivity index (χ2v) is 7.43. The highest BCUT2D eigenvalue weighted by Crippen LogP contribution is 2.48. The molecule has 3 fully saturated rings. The van der Waals surface area contributed by atoms with Gasteiger partial charge in [-0.15, -0.1) is 0 Å². The number of hydrogen-bond acceptors (Lipinski definition) is 3. The lowest BCUT2D eigenvalue weighted by atomic mass is 9.60. The highest BCUT2D eigenvalue weighted by Gasteiger charge is 2.45. The molecule has 3 nitrogen and oxygen atoms in total. The van der Waals surface area contributed by atoms with Crippen molar-refractivity contribution in [2.75, 3.05) is 20.0 Å². The summed E-state index contributed by atoms with van der Waals surface area (Å²) in [4.78, 5) is 0. The molecule has 3 heteroatoms. The molecule has 1 saturated heterocycles. The summed E-state index contributed by atoms with van der Waals surface area (Å²) < 4.78 is 11.1. The first-order valence-electron chi connectivity index (χ1n) is 9.97. The highest BCUT2D eigenvalue weighted by molar-refractivity contribution is 4.93. The molecule has 2 aliphatic carbocycles. The molecular formula is C20H40O3. The zero-order valence-corrected chi connectivity index (χ0v) is 16.0. The van der Waals surface area contributed by atoms with Crippen LogP contribution in [0.15, 0.2) is 0 Å². The Kier molecular flexibility index (Phi) is 10.4. The molecule has 0 radical (unpaired) electrons. The predicted octanol–water partition coefficient (Wildman–Crippen LogP) is 5.16. The van der Waals surface area contributed by atoms with E-state index < -0.39 is 0 Å². The fourth-order valence-electron chi connectivity index (χ4n) is 4.25. The number of rotatable bonds is 3. The Morgan fingerprint density at radius 2 is 1.70 bits per heavy atom. The average Bonchev–Trinajstić information content (AvgIpc) is 3.19. The van der Waals surface area contributed by atoms with Crippen molar-refractivity contribution in [1.82, 2.24) is 0 Å². The third-order valence-corrected chi connectivity index (χ3v) is 6.05. The number of hydrogen-bond donors (Lipinski definition) is 1. The van der Waals surface area contributed by atoms with Crippen LogP contribution in [0.4, 0.5) is 0 Å². The molecule has 1 aliphatic heterocycles. The quantitative estimate of drug-likeness (QED) is 0.777. The molecule has 0 aromatic heterocycles. The molecule has 0 bridgehead atoms. The van der Waals surface area contributed by atoms with Gasteiger partial charge in [-0.05, 0) is 37.0 Å². The van der Waals surface area contributed by atoms with Gasteiger partial charge in [0.2, 0.25) is 0 Å². The van der Waals surface area contributed by atoms with Crippen molar-refractivity contribution in [3.8, 4) is 0 Å². The summed E-state index contributed by atoms with van der Waals surface area (Å²) in [6, 6.07) is 0. The molecule has 23 heavy (non-hydrogen) atoms. The molecule has 0 amide bonds. The van der Waals surface area contributed by atoms with Crippen LogP contribution in [0.3, 0.4) is 0 Å². The summed E-state index contributed by atoms with van der Waals surface area (Å²) >= 11 is 0. The van der Waals surface area contributed by atoms with E-state index in [1.165, 1.54) is 38.5 Å². The Morgan fingerprint density at radius 3 is 2.26 bits per heavy atom. The van der Waals surface area contributed by atoms with Crippen LogP contribution in [-0.2, 0) is 9.47 Å². The third-order valence-electron chi connectivity index (χ3n) is 6.05. The Balaban J connectivity index is 0.000000317. The summed E-state index contributed by atoms with van der Waals surface area (Å²) in [7, 11) is 0. The average molecular weight is 329 g/mol. The number of aliphatic hydroxyl groups excluding tert-OH is 1.